The number of nitrogens with two attached hydrogens (primary N) is 5. The number of aliphatic carboxylic acids is 1. The lowest BCUT2D eigenvalue weighted by Gasteiger charge is -2.25. The predicted molar refractivity (Wildman–Crippen MR) is 149 cm³/mol. The van der Waals surface area contributed by atoms with Gasteiger partial charge in [-0.3, -0.25) is 19.4 Å². The van der Waals surface area contributed by atoms with Gasteiger partial charge in [0.25, 0.3) is 0 Å². The molecule has 1 heterocycles. The number of H-pyrrole nitrogens is 1. The van der Waals surface area contributed by atoms with E-state index in [0.717, 1.165) is 0 Å². The molecule has 0 aliphatic carbocycles. The van der Waals surface area contributed by atoms with E-state index in [1.165, 1.54) is 12.5 Å². The number of nitrogens with zero attached hydrogens (tertiary/aromatic N) is 2. The summed E-state index contributed by atoms with van der Waals surface area (Å²) < 4.78 is 0. The third-order valence-corrected chi connectivity index (χ3v) is 6.06. The third kappa shape index (κ3) is 13.9. The number of nitrogens with one attached hydrogen (secondary N) is 4. The van der Waals surface area contributed by atoms with Crippen molar-refractivity contribution in [2.75, 3.05) is 19.6 Å². The van der Waals surface area contributed by atoms with E-state index in [0.29, 0.717) is 57.4 Å². The standard InChI is InChI=1S/C24H45N11O5/c25-9-3-1-7-17(21(37)34-18(23(39)40)8-2-4-10-26)33-22(38)19(12-15-13-30-14-32-15)35-20(36)16(27)6-5-11-31-24(28)29/h13-14,16-19H,1-12,25-27H2,(H,30,32)(H,33,38)(H,34,37)(H,35,36)(H,39,40)(H4,28,29,31). The van der Waals surface area contributed by atoms with Crippen LogP contribution in [-0.4, -0.2) is 88.5 Å². The fourth-order valence-corrected chi connectivity index (χ4v) is 3.81. The fraction of sp³-hybridized carbons (Fsp3) is 0.667. The summed E-state index contributed by atoms with van der Waals surface area (Å²) in [5, 5.41) is 17.4. The number of aromatic amines is 1. The first-order valence-electron chi connectivity index (χ1n) is 13.4. The number of aliphatic imine (C=N–C) groups is 1. The lowest BCUT2D eigenvalue weighted by atomic mass is 10.0. The summed E-state index contributed by atoms with van der Waals surface area (Å²) in [6.45, 7) is 1.09. The molecule has 1 aromatic heterocycles. The number of carboxylic acids is 1. The highest BCUT2D eigenvalue weighted by Crippen LogP contribution is 2.07. The van der Waals surface area contributed by atoms with Crippen molar-refractivity contribution < 1.29 is 24.3 Å². The molecular weight excluding hydrogens is 522 g/mol. The van der Waals surface area contributed by atoms with Gasteiger partial charge in [0.15, 0.2) is 5.96 Å². The van der Waals surface area contributed by atoms with Crippen LogP contribution in [0.1, 0.15) is 57.1 Å². The Labute approximate surface area is 233 Å². The Morgan fingerprint density at radius 3 is 1.98 bits per heavy atom. The Morgan fingerprint density at radius 1 is 0.850 bits per heavy atom. The van der Waals surface area contributed by atoms with E-state index < -0.39 is 47.9 Å². The lowest BCUT2D eigenvalue weighted by molar-refractivity contribution is -0.142. The average Bonchev–Trinajstić information content (AvgIpc) is 3.42. The van der Waals surface area contributed by atoms with E-state index in [1.54, 1.807) is 0 Å². The Hall–Kier alpha value is -3.76. The first-order valence-corrected chi connectivity index (χ1v) is 13.4. The number of carbonyl (C=O) groups excluding carboxylic acids is 3. The van der Waals surface area contributed by atoms with Gasteiger partial charge in [0.05, 0.1) is 12.4 Å². The first-order chi connectivity index (χ1) is 19.1. The van der Waals surface area contributed by atoms with Crippen LogP contribution in [0.5, 0.6) is 0 Å². The third-order valence-electron chi connectivity index (χ3n) is 6.06. The van der Waals surface area contributed by atoms with Gasteiger partial charge >= 0.3 is 5.97 Å². The minimum absolute atomic E-state index is 0.0479. The molecule has 1 rings (SSSR count). The van der Waals surface area contributed by atoms with Gasteiger partial charge in [-0.1, -0.05) is 0 Å². The summed E-state index contributed by atoms with van der Waals surface area (Å²) in [7, 11) is 0. The molecule has 4 atom stereocenters. The van der Waals surface area contributed by atoms with E-state index in [1.807, 2.05) is 0 Å². The highest BCUT2D eigenvalue weighted by atomic mass is 16.4. The van der Waals surface area contributed by atoms with Crippen molar-refractivity contribution in [1.82, 2.24) is 25.9 Å². The van der Waals surface area contributed by atoms with Crippen molar-refractivity contribution in [3.8, 4) is 0 Å². The van der Waals surface area contributed by atoms with Gasteiger partial charge < -0.3 is 54.7 Å². The van der Waals surface area contributed by atoms with Crippen LogP contribution in [0.15, 0.2) is 17.5 Å². The van der Waals surface area contributed by atoms with Crippen molar-refractivity contribution in [3.63, 3.8) is 0 Å². The molecule has 0 radical (unpaired) electrons. The maximum Gasteiger partial charge on any atom is 0.326 e. The van der Waals surface area contributed by atoms with Crippen LogP contribution in [0.2, 0.25) is 0 Å². The Kier molecular flexibility index (Phi) is 16.6. The number of unbranched alkanes of at least 4 members (excludes halogenated alkanes) is 2. The lowest BCUT2D eigenvalue weighted by Crippen LogP contribution is -2.57. The highest BCUT2D eigenvalue weighted by molar-refractivity contribution is 5.94. The molecule has 4 unspecified atom stereocenters. The number of aromatic nitrogens is 2. The van der Waals surface area contributed by atoms with Gasteiger partial charge in [-0.05, 0) is 64.5 Å². The predicted octanol–water partition coefficient (Wildman–Crippen LogP) is -2.87. The molecule has 0 aliphatic heterocycles. The molecule has 0 saturated carbocycles. The van der Waals surface area contributed by atoms with Crippen LogP contribution < -0.4 is 44.6 Å². The quantitative estimate of drug-likeness (QED) is 0.0409. The summed E-state index contributed by atoms with van der Waals surface area (Å²) in [6, 6.07) is -4.21. The molecule has 0 bridgehead atoms. The molecule has 16 heteroatoms. The molecule has 0 fully saturated rings. The molecule has 0 aromatic carbocycles. The summed E-state index contributed by atoms with van der Waals surface area (Å²) in [4.78, 5) is 61.6. The molecule has 0 aliphatic rings. The fourth-order valence-electron chi connectivity index (χ4n) is 3.81. The van der Waals surface area contributed by atoms with Crippen LogP contribution >= 0.6 is 0 Å². The Balaban J connectivity index is 2.98. The first kappa shape index (κ1) is 34.3. The molecule has 0 spiro atoms. The van der Waals surface area contributed by atoms with Gasteiger partial charge in [0.2, 0.25) is 17.7 Å². The van der Waals surface area contributed by atoms with Crippen LogP contribution in [0.4, 0.5) is 0 Å². The largest absolute Gasteiger partial charge is 0.480 e. The summed E-state index contributed by atoms with van der Waals surface area (Å²) in [5.41, 5.74) is 28.2. The topological polar surface area (TPSA) is 296 Å². The molecule has 226 valence electrons. The number of hydrogen-bond donors (Lipinski definition) is 10. The number of amides is 3. The average molecular weight is 568 g/mol. The van der Waals surface area contributed by atoms with Crippen LogP contribution in [0, 0.1) is 0 Å². The summed E-state index contributed by atoms with van der Waals surface area (Å²) >= 11 is 0. The Bertz CT molecular complexity index is 938. The van der Waals surface area contributed by atoms with E-state index >= 15 is 0 Å². The van der Waals surface area contributed by atoms with Crippen molar-refractivity contribution in [2.45, 2.75) is 82.0 Å². The molecule has 40 heavy (non-hydrogen) atoms. The number of hydrogen-bond acceptors (Lipinski definition) is 9. The molecule has 0 saturated heterocycles. The number of guanidine groups is 1. The SMILES string of the molecule is NCCCCC(NC(=O)C(CCCCN)NC(=O)C(Cc1cnc[nH]1)NC(=O)C(N)CCCN=C(N)N)C(=O)O. The van der Waals surface area contributed by atoms with Crippen LogP contribution in [0.25, 0.3) is 0 Å². The van der Waals surface area contributed by atoms with E-state index in [-0.39, 0.29) is 31.6 Å². The molecule has 15 N–H and O–H groups in total. The molecule has 16 nitrogen and oxygen atoms in total. The van der Waals surface area contributed by atoms with Crippen molar-refractivity contribution in [3.05, 3.63) is 18.2 Å². The van der Waals surface area contributed by atoms with Gasteiger partial charge in [-0.25, -0.2) is 9.78 Å². The number of carboxylic acid groups (broad SMARTS) is 1. The normalized spacial score (nSPS) is 13.9. The second-order valence-electron chi connectivity index (χ2n) is 9.43. The smallest absolute Gasteiger partial charge is 0.326 e. The summed E-state index contributed by atoms with van der Waals surface area (Å²) in [6.07, 6.45) is 6.36. The van der Waals surface area contributed by atoms with Crippen LogP contribution in [0.3, 0.4) is 0 Å². The van der Waals surface area contributed by atoms with Gasteiger partial charge in [0.1, 0.15) is 18.1 Å². The van der Waals surface area contributed by atoms with Gasteiger partial charge in [-0.2, -0.15) is 0 Å². The van der Waals surface area contributed by atoms with Crippen molar-refractivity contribution in [2.24, 2.45) is 33.7 Å². The highest BCUT2D eigenvalue weighted by Gasteiger charge is 2.30. The van der Waals surface area contributed by atoms with Crippen LogP contribution in [-0.2, 0) is 25.6 Å². The molecule has 3 amide bonds. The zero-order chi connectivity index (χ0) is 29.9. The van der Waals surface area contributed by atoms with Crippen molar-refractivity contribution in [1.29, 1.82) is 0 Å². The minimum Gasteiger partial charge on any atom is -0.480 e. The second kappa shape index (κ2) is 19.3. The van der Waals surface area contributed by atoms with E-state index in [9.17, 15) is 24.3 Å². The van der Waals surface area contributed by atoms with Gasteiger partial charge in [0, 0.05) is 24.9 Å². The molecular formula is C24H45N11O5. The summed E-state index contributed by atoms with van der Waals surface area (Å²) in [5.74, 6) is -3.10. The monoisotopic (exact) mass is 567 g/mol. The van der Waals surface area contributed by atoms with Crippen molar-refractivity contribution >= 4 is 29.7 Å². The zero-order valence-electron chi connectivity index (χ0n) is 22.8. The zero-order valence-corrected chi connectivity index (χ0v) is 22.8. The number of carbonyl (C=O) groups is 4. The van der Waals surface area contributed by atoms with Gasteiger partial charge in [-0.15, -0.1) is 0 Å². The maximum atomic E-state index is 13.4. The number of rotatable bonds is 21. The maximum absolute atomic E-state index is 13.4. The molecule has 1 aromatic rings. The van der Waals surface area contributed by atoms with E-state index in [2.05, 4.69) is 30.9 Å². The second-order valence-corrected chi connectivity index (χ2v) is 9.43. The Morgan fingerprint density at radius 2 is 1.43 bits per heavy atom. The minimum atomic E-state index is -1.18. The number of imidazole rings is 1. The van der Waals surface area contributed by atoms with E-state index in [4.69, 9.17) is 28.7 Å².